The number of carbonyl (C=O) groups is 2. The summed E-state index contributed by atoms with van der Waals surface area (Å²) >= 11 is 0. The first-order chi connectivity index (χ1) is 17.5. The van der Waals surface area contributed by atoms with Crippen molar-refractivity contribution in [1.29, 1.82) is 0 Å². The first kappa shape index (κ1) is 24.0. The van der Waals surface area contributed by atoms with Gasteiger partial charge < -0.3 is 24.3 Å². The number of rotatable bonds is 6. The fraction of sp³-hybridized carbons (Fsp3) is 0.370. The van der Waals surface area contributed by atoms with Crippen molar-refractivity contribution in [2.24, 2.45) is 5.92 Å². The van der Waals surface area contributed by atoms with Crippen molar-refractivity contribution in [3.8, 4) is 5.75 Å². The molecule has 2 amide bonds. The van der Waals surface area contributed by atoms with Gasteiger partial charge in [0, 0.05) is 25.6 Å². The molecule has 8 nitrogen and oxygen atoms in total. The largest absolute Gasteiger partial charge is 0.497 e. The fourth-order valence-electron chi connectivity index (χ4n) is 4.76. The Morgan fingerprint density at radius 1 is 1.11 bits per heavy atom. The summed E-state index contributed by atoms with van der Waals surface area (Å²) in [6.45, 7) is 2.24. The molecule has 188 valence electrons. The highest BCUT2D eigenvalue weighted by Gasteiger charge is 2.32. The Morgan fingerprint density at radius 3 is 2.53 bits per heavy atom. The summed E-state index contributed by atoms with van der Waals surface area (Å²) in [5, 5.41) is 3.00. The molecule has 0 unspecified atom stereocenters. The number of ether oxygens (including phenoxy) is 2. The van der Waals surface area contributed by atoms with Crippen molar-refractivity contribution in [3.63, 3.8) is 0 Å². The maximum absolute atomic E-state index is 13.2. The first-order valence-corrected chi connectivity index (χ1v) is 12.1. The highest BCUT2D eigenvalue weighted by molar-refractivity contribution is 5.93. The van der Waals surface area contributed by atoms with Gasteiger partial charge in [0.15, 0.2) is 5.69 Å². The number of amides is 2. The van der Waals surface area contributed by atoms with Gasteiger partial charge in [-0.05, 0) is 48.2 Å². The smallest absolute Gasteiger partial charge is 0.274 e. The lowest BCUT2D eigenvalue weighted by atomic mass is 9.95. The molecule has 3 heterocycles. The summed E-state index contributed by atoms with van der Waals surface area (Å²) in [6, 6.07) is 13.9. The van der Waals surface area contributed by atoms with Gasteiger partial charge in [-0.15, -0.1) is 0 Å². The van der Waals surface area contributed by atoms with Crippen molar-refractivity contribution in [3.05, 3.63) is 83.2 Å². The highest BCUT2D eigenvalue weighted by Crippen LogP contribution is 2.29. The number of aromatic nitrogens is 2. The molecule has 5 rings (SSSR count). The van der Waals surface area contributed by atoms with E-state index in [1.54, 1.807) is 30.5 Å². The van der Waals surface area contributed by atoms with Crippen molar-refractivity contribution < 1.29 is 23.5 Å². The Morgan fingerprint density at radius 2 is 1.83 bits per heavy atom. The Kier molecular flexibility index (Phi) is 6.99. The third-order valence-electron chi connectivity index (χ3n) is 6.95. The van der Waals surface area contributed by atoms with E-state index in [0.717, 1.165) is 22.6 Å². The van der Waals surface area contributed by atoms with E-state index < -0.39 is 0 Å². The lowest BCUT2D eigenvalue weighted by Gasteiger charge is -2.31. The minimum absolute atomic E-state index is 0.0116. The van der Waals surface area contributed by atoms with Crippen LogP contribution < -0.4 is 10.1 Å². The molecule has 36 heavy (non-hydrogen) atoms. The molecule has 2 aliphatic heterocycles. The number of methoxy groups -OCH3 is 1. The summed E-state index contributed by atoms with van der Waals surface area (Å²) in [6.07, 6.45) is 2.67. The van der Waals surface area contributed by atoms with Gasteiger partial charge >= 0.3 is 0 Å². The van der Waals surface area contributed by atoms with Crippen LogP contribution in [0.4, 0.5) is 4.39 Å². The number of hydrogen-bond acceptors (Lipinski definition) is 5. The number of hydrogen-bond donors (Lipinski definition) is 1. The molecule has 0 spiro atoms. The molecule has 1 N–H and O–H groups in total. The van der Waals surface area contributed by atoms with Gasteiger partial charge in [-0.3, -0.25) is 9.59 Å². The van der Waals surface area contributed by atoms with Crippen molar-refractivity contribution in [2.45, 2.75) is 38.6 Å². The van der Waals surface area contributed by atoms with Crippen LogP contribution in [0.1, 0.15) is 46.3 Å². The Hall–Kier alpha value is -3.72. The second-order valence-electron chi connectivity index (χ2n) is 9.18. The number of fused-ring (bicyclic) bond motifs is 1. The molecule has 2 aliphatic rings. The van der Waals surface area contributed by atoms with E-state index in [2.05, 4.69) is 10.3 Å². The number of carbonyl (C=O) groups excluding carboxylic acids is 2. The van der Waals surface area contributed by atoms with Crippen molar-refractivity contribution in [1.82, 2.24) is 19.8 Å². The van der Waals surface area contributed by atoms with Gasteiger partial charge in [-0.25, -0.2) is 9.37 Å². The van der Waals surface area contributed by atoms with Gasteiger partial charge in [0.1, 0.15) is 17.7 Å². The lowest BCUT2D eigenvalue weighted by molar-refractivity contribution is -0.126. The second kappa shape index (κ2) is 10.5. The van der Waals surface area contributed by atoms with Gasteiger partial charge in [0.2, 0.25) is 5.91 Å². The molecule has 0 aliphatic carbocycles. The van der Waals surface area contributed by atoms with Crippen LogP contribution >= 0.6 is 0 Å². The summed E-state index contributed by atoms with van der Waals surface area (Å²) < 4.78 is 26.3. The van der Waals surface area contributed by atoms with Crippen LogP contribution in [0.2, 0.25) is 0 Å². The predicted molar refractivity (Wildman–Crippen MR) is 130 cm³/mol. The summed E-state index contributed by atoms with van der Waals surface area (Å²) in [4.78, 5) is 32.0. The first-order valence-electron chi connectivity index (χ1n) is 12.1. The molecule has 1 saturated heterocycles. The molecule has 1 atom stereocenters. The summed E-state index contributed by atoms with van der Waals surface area (Å²) in [7, 11) is 1.62. The molecule has 3 aromatic rings. The Labute approximate surface area is 209 Å². The van der Waals surface area contributed by atoms with Gasteiger partial charge in [-0.1, -0.05) is 24.3 Å². The van der Waals surface area contributed by atoms with Gasteiger partial charge in [0.05, 0.1) is 32.3 Å². The van der Waals surface area contributed by atoms with Crippen LogP contribution in [-0.4, -0.2) is 46.5 Å². The fourth-order valence-corrected chi connectivity index (χ4v) is 4.76. The van der Waals surface area contributed by atoms with Crippen LogP contribution in [-0.2, 0) is 29.2 Å². The predicted octanol–water partition coefficient (Wildman–Crippen LogP) is 3.47. The third-order valence-corrected chi connectivity index (χ3v) is 6.95. The topological polar surface area (TPSA) is 85.7 Å². The molecule has 2 aromatic carbocycles. The number of halogens is 1. The summed E-state index contributed by atoms with van der Waals surface area (Å²) in [5.74, 6) is 0.245. The SMILES string of the molecule is COc1ccc(CNC(=O)C2CCN(C(=O)c3ncn4c3CO[C@H](c3ccc(F)cc3)C4)CC2)cc1. The van der Waals surface area contributed by atoms with Crippen LogP contribution in [0.25, 0.3) is 0 Å². The molecule has 1 aromatic heterocycles. The van der Waals surface area contributed by atoms with Crippen molar-refractivity contribution >= 4 is 11.8 Å². The van der Waals surface area contributed by atoms with Gasteiger partial charge in [-0.2, -0.15) is 0 Å². The minimum Gasteiger partial charge on any atom is -0.497 e. The zero-order valence-electron chi connectivity index (χ0n) is 20.2. The van der Waals surface area contributed by atoms with Crippen molar-refractivity contribution in [2.75, 3.05) is 20.2 Å². The standard InChI is InChI=1S/C27H29FN4O4/c1-35-22-8-2-18(3-9-22)14-29-26(33)20-10-12-31(13-11-20)27(34)25-23-16-36-24(15-32(23)17-30-25)19-4-6-21(28)7-5-19/h2-9,17,20,24H,10-16H2,1H3,(H,29,33)/t24-/m0/s1. The van der Waals surface area contributed by atoms with E-state index in [1.807, 2.05) is 28.8 Å². The van der Waals surface area contributed by atoms with E-state index >= 15 is 0 Å². The second-order valence-corrected chi connectivity index (χ2v) is 9.18. The summed E-state index contributed by atoms with van der Waals surface area (Å²) in [5.41, 5.74) is 3.04. The Balaban J connectivity index is 1.14. The van der Waals surface area contributed by atoms with E-state index in [9.17, 15) is 14.0 Å². The zero-order valence-corrected chi connectivity index (χ0v) is 20.2. The van der Waals surface area contributed by atoms with E-state index in [-0.39, 0.29) is 36.3 Å². The molecular formula is C27H29FN4O4. The average Bonchev–Trinajstić information content (AvgIpc) is 3.35. The molecule has 0 saturated carbocycles. The lowest BCUT2D eigenvalue weighted by Crippen LogP contribution is -2.43. The maximum Gasteiger partial charge on any atom is 0.274 e. The van der Waals surface area contributed by atoms with Gasteiger partial charge in [0.25, 0.3) is 5.91 Å². The van der Waals surface area contributed by atoms with Crippen LogP contribution in [0, 0.1) is 11.7 Å². The average molecular weight is 493 g/mol. The van der Waals surface area contributed by atoms with E-state index in [0.29, 0.717) is 44.7 Å². The van der Waals surface area contributed by atoms with Crippen LogP contribution in [0.3, 0.4) is 0 Å². The monoisotopic (exact) mass is 492 g/mol. The number of benzene rings is 2. The minimum atomic E-state index is -0.288. The number of imidazole rings is 1. The molecule has 0 radical (unpaired) electrons. The molecule has 0 bridgehead atoms. The number of piperidine rings is 1. The van der Waals surface area contributed by atoms with Crippen LogP contribution in [0.15, 0.2) is 54.9 Å². The van der Waals surface area contributed by atoms with E-state index in [4.69, 9.17) is 9.47 Å². The Bertz CT molecular complexity index is 1220. The highest BCUT2D eigenvalue weighted by atomic mass is 19.1. The van der Waals surface area contributed by atoms with E-state index in [1.165, 1.54) is 12.1 Å². The maximum atomic E-state index is 13.2. The normalized spacial score (nSPS) is 17.9. The quantitative estimate of drug-likeness (QED) is 0.570. The molecule has 9 heteroatoms. The number of nitrogens with one attached hydrogen (secondary N) is 1. The number of likely N-dealkylation sites (tertiary alicyclic amines) is 1. The number of nitrogens with zero attached hydrogens (tertiary/aromatic N) is 3. The molecular weight excluding hydrogens is 463 g/mol. The third kappa shape index (κ3) is 5.11. The molecule has 1 fully saturated rings. The zero-order chi connectivity index (χ0) is 25.1. The van der Waals surface area contributed by atoms with Crippen LogP contribution in [0.5, 0.6) is 5.75 Å².